The molecule has 3 amide bonds. The van der Waals surface area contributed by atoms with Crippen molar-refractivity contribution in [1.82, 2.24) is 15.1 Å². The van der Waals surface area contributed by atoms with E-state index in [4.69, 9.17) is 5.73 Å². The smallest absolute Gasteiger partial charge is 0.254 e. The van der Waals surface area contributed by atoms with Crippen molar-refractivity contribution in [2.45, 2.75) is 51.1 Å². The topological polar surface area (TPSA) is 95.7 Å². The molecular formula is C21H31ClN4O3. The normalized spacial score (nSPS) is 19.1. The highest BCUT2D eigenvalue weighted by molar-refractivity contribution is 5.94. The Bertz CT molecular complexity index is 710. The van der Waals surface area contributed by atoms with Crippen LogP contribution in [0.3, 0.4) is 0 Å². The third kappa shape index (κ3) is 6.18. The van der Waals surface area contributed by atoms with E-state index in [0.717, 1.165) is 37.8 Å². The largest absolute Gasteiger partial charge is 0.354 e. The fourth-order valence-electron chi connectivity index (χ4n) is 3.94. The second-order valence-electron chi connectivity index (χ2n) is 7.61. The van der Waals surface area contributed by atoms with Crippen molar-refractivity contribution in [3.8, 4) is 0 Å². The van der Waals surface area contributed by atoms with E-state index in [2.05, 4.69) is 5.32 Å². The number of hydrogen-bond acceptors (Lipinski definition) is 4. The lowest BCUT2D eigenvalue weighted by atomic mass is 10.00. The molecule has 160 valence electrons. The molecule has 3 rings (SSSR count). The maximum absolute atomic E-state index is 13.0. The Kier molecular flexibility index (Phi) is 8.92. The molecule has 1 atom stereocenters. The molecule has 0 aliphatic carbocycles. The average molecular weight is 423 g/mol. The van der Waals surface area contributed by atoms with Gasteiger partial charge in [0.15, 0.2) is 0 Å². The van der Waals surface area contributed by atoms with E-state index in [9.17, 15) is 14.4 Å². The first-order chi connectivity index (χ1) is 13.6. The molecule has 3 N–H and O–H groups in total. The van der Waals surface area contributed by atoms with E-state index in [0.29, 0.717) is 44.6 Å². The summed E-state index contributed by atoms with van der Waals surface area (Å²) in [6.07, 6.45) is 4.80. The van der Waals surface area contributed by atoms with Gasteiger partial charge in [0.05, 0.1) is 0 Å². The number of nitrogens with two attached hydrogens (primary N) is 1. The molecule has 1 aromatic rings. The van der Waals surface area contributed by atoms with Gasteiger partial charge >= 0.3 is 0 Å². The number of carbonyl (C=O) groups is 3. The molecule has 2 aliphatic heterocycles. The van der Waals surface area contributed by atoms with Crippen LogP contribution in [0.4, 0.5) is 0 Å². The van der Waals surface area contributed by atoms with Gasteiger partial charge in [-0.1, -0.05) is 12.1 Å². The minimum atomic E-state index is -0.0683. The number of benzene rings is 1. The van der Waals surface area contributed by atoms with Crippen LogP contribution in [0.25, 0.3) is 0 Å². The zero-order chi connectivity index (χ0) is 19.9. The summed E-state index contributed by atoms with van der Waals surface area (Å²) in [5, 5.41) is 2.89. The van der Waals surface area contributed by atoms with Gasteiger partial charge in [0, 0.05) is 57.2 Å². The number of likely N-dealkylation sites (tertiary alicyclic amines) is 2. The Morgan fingerprint density at radius 3 is 2.52 bits per heavy atom. The van der Waals surface area contributed by atoms with Gasteiger partial charge in [-0.05, 0) is 43.4 Å². The number of amides is 3. The van der Waals surface area contributed by atoms with Crippen LogP contribution in [0.2, 0.25) is 0 Å². The fourth-order valence-corrected chi connectivity index (χ4v) is 3.94. The van der Waals surface area contributed by atoms with Gasteiger partial charge in [0.1, 0.15) is 0 Å². The van der Waals surface area contributed by atoms with Crippen molar-refractivity contribution in [3.63, 3.8) is 0 Å². The molecule has 0 spiro atoms. The predicted molar refractivity (Wildman–Crippen MR) is 114 cm³/mol. The molecule has 1 aromatic carbocycles. The molecule has 2 saturated heterocycles. The Morgan fingerprint density at radius 2 is 1.86 bits per heavy atom. The molecule has 29 heavy (non-hydrogen) atoms. The van der Waals surface area contributed by atoms with Crippen molar-refractivity contribution < 1.29 is 14.4 Å². The second kappa shape index (κ2) is 11.2. The molecule has 2 fully saturated rings. The van der Waals surface area contributed by atoms with Gasteiger partial charge in [-0.3, -0.25) is 14.4 Å². The standard InChI is InChI=1S/C21H30N4O3.ClH/c22-11-10-19(26)23-14-18-4-1-2-13-25(18)21(28)17-8-6-16(7-9-17)15-24-12-3-5-20(24)27;/h6-9,18H,1-5,10-15,22H2,(H,23,26);1H. The second-order valence-corrected chi connectivity index (χ2v) is 7.61. The monoisotopic (exact) mass is 422 g/mol. The van der Waals surface area contributed by atoms with Gasteiger partial charge in [-0.15, -0.1) is 12.4 Å². The highest BCUT2D eigenvalue weighted by atomic mass is 35.5. The fraction of sp³-hybridized carbons (Fsp3) is 0.571. The Hall–Kier alpha value is -2.12. The van der Waals surface area contributed by atoms with Gasteiger partial charge in [-0.2, -0.15) is 0 Å². The maximum Gasteiger partial charge on any atom is 0.254 e. The number of rotatable bonds is 7. The number of nitrogens with zero attached hydrogens (tertiary/aromatic N) is 2. The van der Waals surface area contributed by atoms with Crippen LogP contribution in [0.15, 0.2) is 24.3 Å². The Labute approximate surface area is 178 Å². The molecule has 0 saturated carbocycles. The molecular weight excluding hydrogens is 392 g/mol. The van der Waals surface area contributed by atoms with E-state index < -0.39 is 0 Å². The quantitative estimate of drug-likeness (QED) is 0.698. The zero-order valence-electron chi connectivity index (χ0n) is 16.8. The molecule has 1 unspecified atom stereocenters. The number of carbonyl (C=O) groups excluding carboxylic acids is 3. The van der Waals surface area contributed by atoms with Crippen LogP contribution in [0.5, 0.6) is 0 Å². The summed E-state index contributed by atoms with van der Waals surface area (Å²) >= 11 is 0. The van der Waals surface area contributed by atoms with Crippen molar-refractivity contribution >= 4 is 30.1 Å². The van der Waals surface area contributed by atoms with Crippen molar-refractivity contribution in [2.75, 3.05) is 26.2 Å². The third-order valence-corrected chi connectivity index (χ3v) is 5.54. The molecule has 0 bridgehead atoms. The van der Waals surface area contributed by atoms with E-state index in [1.807, 2.05) is 34.1 Å². The molecule has 0 aromatic heterocycles. The van der Waals surface area contributed by atoms with Gasteiger partial charge in [0.2, 0.25) is 11.8 Å². The van der Waals surface area contributed by atoms with Gasteiger partial charge < -0.3 is 20.9 Å². The van der Waals surface area contributed by atoms with Crippen molar-refractivity contribution in [3.05, 3.63) is 35.4 Å². The number of halogens is 1. The number of nitrogens with one attached hydrogen (secondary N) is 1. The van der Waals surface area contributed by atoms with Crippen LogP contribution in [0, 0.1) is 0 Å². The Balaban J connectivity index is 0.00000300. The SMILES string of the molecule is Cl.NCCC(=O)NCC1CCCCN1C(=O)c1ccc(CN2CCCC2=O)cc1. The van der Waals surface area contributed by atoms with Gasteiger partial charge in [0.25, 0.3) is 5.91 Å². The minimum absolute atomic E-state index is 0. The van der Waals surface area contributed by atoms with Crippen LogP contribution >= 0.6 is 12.4 Å². The maximum atomic E-state index is 13.0. The van der Waals surface area contributed by atoms with E-state index in [1.165, 1.54) is 0 Å². The lowest BCUT2D eigenvalue weighted by molar-refractivity contribution is -0.128. The molecule has 0 radical (unpaired) electrons. The van der Waals surface area contributed by atoms with Crippen LogP contribution < -0.4 is 11.1 Å². The summed E-state index contributed by atoms with van der Waals surface area (Å²) in [5.41, 5.74) is 7.10. The summed E-state index contributed by atoms with van der Waals surface area (Å²) in [4.78, 5) is 40.2. The summed E-state index contributed by atoms with van der Waals surface area (Å²) in [5.74, 6) is 0.135. The minimum Gasteiger partial charge on any atom is -0.354 e. The van der Waals surface area contributed by atoms with E-state index in [-0.39, 0.29) is 36.2 Å². The highest BCUT2D eigenvalue weighted by Gasteiger charge is 2.28. The first kappa shape index (κ1) is 23.2. The summed E-state index contributed by atoms with van der Waals surface area (Å²) < 4.78 is 0. The molecule has 2 aliphatic rings. The van der Waals surface area contributed by atoms with Crippen LogP contribution in [-0.4, -0.2) is 59.7 Å². The van der Waals surface area contributed by atoms with Crippen molar-refractivity contribution in [2.24, 2.45) is 5.73 Å². The highest BCUT2D eigenvalue weighted by Crippen LogP contribution is 2.20. The first-order valence-corrected chi connectivity index (χ1v) is 10.2. The molecule has 2 heterocycles. The Morgan fingerprint density at radius 1 is 1.10 bits per heavy atom. The molecule has 7 nitrogen and oxygen atoms in total. The predicted octanol–water partition coefficient (Wildman–Crippen LogP) is 1.69. The molecule has 8 heteroatoms. The average Bonchev–Trinajstić information content (AvgIpc) is 3.11. The van der Waals surface area contributed by atoms with Gasteiger partial charge in [-0.25, -0.2) is 0 Å². The lowest BCUT2D eigenvalue weighted by Gasteiger charge is -2.36. The third-order valence-electron chi connectivity index (χ3n) is 5.54. The number of piperidine rings is 1. The van der Waals surface area contributed by atoms with Crippen LogP contribution in [0.1, 0.15) is 54.4 Å². The summed E-state index contributed by atoms with van der Waals surface area (Å²) in [7, 11) is 0. The lowest BCUT2D eigenvalue weighted by Crippen LogP contribution is -2.49. The summed E-state index contributed by atoms with van der Waals surface area (Å²) in [6, 6.07) is 7.57. The van der Waals surface area contributed by atoms with Crippen molar-refractivity contribution in [1.29, 1.82) is 0 Å². The van der Waals surface area contributed by atoms with E-state index in [1.54, 1.807) is 0 Å². The zero-order valence-corrected chi connectivity index (χ0v) is 17.6. The van der Waals surface area contributed by atoms with E-state index >= 15 is 0 Å². The summed E-state index contributed by atoms with van der Waals surface area (Å²) in [6.45, 7) is 2.92. The first-order valence-electron chi connectivity index (χ1n) is 10.2. The van der Waals surface area contributed by atoms with Crippen LogP contribution in [-0.2, 0) is 16.1 Å². The number of hydrogen-bond donors (Lipinski definition) is 2.